The number of nitrogens with one attached hydrogen (secondary N) is 1. The van der Waals surface area contributed by atoms with Crippen molar-refractivity contribution in [3.05, 3.63) is 53.6 Å². The van der Waals surface area contributed by atoms with Gasteiger partial charge in [0, 0.05) is 49.2 Å². The van der Waals surface area contributed by atoms with Gasteiger partial charge >= 0.3 is 0 Å². The number of thioether (sulfide) groups is 1. The molecule has 2 aromatic carbocycles. The van der Waals surface area contributed by atoms with Crippen LogP contribution in [0.3, 0.4) is 0 Å². The Bertz CT molecular complexity index is 1270. The van der Waals surface area contributed by atoms with Crippen LogP contribution in [0.15, 0.2) is 47.5 Å². The highest BCUT2D eigenvalue weighted by Gasteiger charge is 2.42. The number of carbonyl (C=O) groups is 1. The summed E-state index contributed by atoms with van der Waals surface area (Å²) in [6.45, 7) is 4.08. The Morgan fingerprint density at radius 1 is 1.03 bits per heavy atom. The number of hydrogen-bond donors (Lipinski definition) is 1. The fraction of sp³-hybridized carbons (Fsp3) is 0.417. The van der Waals surface area contributed by atoms with Crippen LogP contribution in [0.2, 0.25) is 0 Å². The predicted molar refractivity (Wildman–Crippen MR) is 135 cm³/mol. The molecular formula is C24H26N4O5S2. The quantitative estimate of drug-likeness (QED) is 0.662. The van der Waals surface area contributed by atoms with Crippen molar-refractivity contribution in [1.82, 2.24) is 9.80 Å². The third-order valence-corrected chi connectivity index (χ3v) is 9.85. The summed E-state index contributed by atoms with van der Waals surface area (Å²) >= 11 is 1.48. The maximum Gasteiger partial charge on any atom is 0.253 e. The van der Waals surface area contributed by atoms with Crippen LogP contribution < -0.4 is 14.8 Å². The van der Waals surface area contributed by atoms with Gasteiger partial charge < -0.3 is 19.7 Å². The largest absolute Gasteiger partial charge is 0.454 e. The zero-order valence-corrected chi connectivity index (χ0v) is 20.7. The molecule has 2 fully saturated rings. The van der Waals surface area contributed by atoms with Crippen molar-refractivity contribution in [2.75, 3.05) is 49.8 Å². The van der Waals surface area contributed by atoms with Gasteiger partial charge in [-0.15, -0.1) is 0 Å². The molecule has 1 N–H and O–H groups in total. The number of anilines is 1. The predicted octanol–water partition coefficient (Wildman–Crippen LogP) is 2.05. The molecule has 2 atom stereocenters. The van der Waals surface area contributed by atoms with E-state index in [2.05, 4.69) is 21.3 Å². The molecule has 0 bridgehead atoms. The number of aliphatic imine (C=N–C) groups is 1. The molecule has 2 saturated heterocycles. The van der Waals surface area contributed by atoms with Crippen LogP contribution in [0.25, 0.3) is 0 Å². The number of ether oxygens (including phenoxy) is 2. The van der Waals surface area contributed by atoms with Crippen LogP contribution in [-0.2, 0) is 16.4 Å². The van der Waals surface area contributed by atoms with Gasteiger partial charge in [0.25, 0.3) is 5.91 Å². The zero-order chi connectivity index (χ0) is 24.0. The van der Waals surface area contributed by atoms with Gasteiger partial charge in [-0.1, -0.05) is 17.8 Å². The Morgan fingerprint density at radius 2 is 1.80 bits per heavy atom. The second-order valence-corrected chi connectivity index (χ2v) is 12.6. The molecule has 0 spiro atoms. The minimum absolute atomic E-state index is 0.00654. The summed E-state index contributed by atoms with van der Waals surface area (Å²) < 4.78 is 34.3. The van der Waals surface area contributed by atoms with Crippen molar-refractivity contribution in [3.8, 4) is 11.5 Å². The Balaban J connectivity index is 1.01. The topological polar surface area (TPSA) is 101 Å². The average Bonchev–Trinajstić information content (AvgIpc) is 3.52. The van der Waals surface area contributed by atoms with Gasteiger partial charge in [-0.3, -0.25) is 14.7 Å². The van der Waals surface area contributed by atoms with Gasteiger partial charge in [0.2, 0.25) is 6.79 Å². The first-order valence-corrected chi connectivity index (χ1v) is 14.3. The average molecular weight is 515 g/mol. The smallest absolute Gasteiger partial charge is 0.253 e. The number of nitrogens with zero attached hydrogens (tertiary/aromatic N) is 3. The van der Waals surface area contributed by atoms with E-state index >= 15 is 0 Å². The van der Waals surface area contributed by atoms with Crippen molar-refractivity contribution >= 4 is 38.4 Å². The summed E-state index contributed by atoms with van der Waals surface area (Å²) in [6, 6.07) is 13.3. The highest BCUT2D eigenvalue weighted by atomic mass is 32.2. The maximum absolute atomic E-state index is 13.0. The number of amides is 1. The minimum Gasteiger partial charge on any atom is -0.454 e. The number of fused-ring (bicyclic) bond motifs is 2. The first kappa shape index (κ1) is 22.7. The molecule has 0 saturated carbocycles. The summed E-state index contributed by atoms with van der Waals surface area (Å²) in [5, 5.41) is 4.01. The number of benzene rings is 2. The van der Waals surface area contributed by atoms with Crippen molar-refractivity contribution < 1.29 is 22.7 Å². The molecule has 4 heterocycles. The number of amidine groups is 1. The van der Waals surface area contributed by atoms with Crippen molar-refractivity contribution in [3.63, 3.8) is 0 Å². The Morgan fingerprint density at radius 3 is 2.57 bits per heavy atom. The number of piperazine rings is 1. The van der Waals surface area contributed by atoms with E-state index in [4.69, 9.17) is 9.47 Å². The van der Waals surface area contributed by atoms with Crippen molar-refractivity contribution in [2.24, 2.45) is 4.99 Å². The molecule has 6 rings (SSSR count). The fourth-order valence-corrected chi connectivity index (χ4v) is 8.50. The molecule has 1 amide bonds. The van der Waals surface area contributed by atoms with Gasteiger partial charge in [0.15, 0.2) is 26.5 Å². The van der Waals surface area contributed by atoms with E-state index in [1.54, 1.807) is 0 Å². The summed E-state index contributed by atoms with van der Waals surface area (Å²) in [7, 11) is -2.96. The first-order chi connectivity index (χ1) is 16.9. The number of hydrogen-bond acceptors (Lipinski definition) is 9. The van der Waals surface area contributed by atoms with E-state index in [1.807, 2.05) is 41.3 Å². The lowest BCUT2D eigenvalue weighted by Gasteiger charge is -2.34. The number of rotatable bonds is 4. The molecule has 4 aliphatic heterocycles. The monoisotopic (exact) mass is 514 g/mol. The standard InChI is InChI=1S/C24H26N4O5S2/c29-23(28-9-7-27(8-10-28)12-16-1-6-20-21(11-16)33-15-32-20)17-2-4-18(5-3-17)25-24-26-19-13-35(30,31)14-22(19)34-24/h1-6,11,19,22H,7-10,12-15H2,(H,25,26). The second kappa shape index (κ2) is 9.03. The van der Waals surface area contributed by atoms with Crippen LogP contribution in [0.4, 0.5) is 5.69 Å². The number of sulfone groups is 1. The number of carbonyl (C=O) groups excluding carboxylic acids is 1. The Hall–Kier alpha value is -2.76. The summed E-state index contributed by atoms with van der Waals surface area (Å²) in [5.74, 6) is 1.94. The van der Waals surface area contributed by atoms with Crippen LogP contribution in [-0.4, -0.2) is 85.1 Å². The summed E-state index contributed by atoms with van der Waals surface area (Å²) in [6.07, 6.45) is 0. The molecule has 9 nitrogen and oxygen atoms in total. The van der Waals surface area contributed by atoms with E-state index in [0.717, 1.165) is 42.0 Å². The molecule has 0 aromatic heterocycles. The lowest BCUT2D eigenvalue weighted by atomic mass is 10.1. The van der Waals surface area contributed by atoms with E-state index in [-0.39, 0.29) is 35.5 Å². The minimum atomic E-state index is -2.96. The third kappa shape index (κ3) is 4.85. The molecule has 0 radical (unpaired) electrons. The van der Waals surface area contributed by atoms with Crippen LogP contribution in [0.1, 0.15) is 15.9 Å². The van der Waals surface area contributed by atoms with Crippen molar-refractivity contribution in [2.45, 2.75) is 17.8 Å². The van der Waals surface area contributed by atoms with Gasteiger partial charge in [-0.05, 0) is 42.0 Å². The van der Waals surface area contributed by atoms with E-state index in [0.29, 0.717) is 18.7 Å². The molecule has 35 heavy (non-hydrogen) atoms. The van der Waals surface area contributed by atoms with Crippen LogP contribution in [0.5, 0.6) is 11.5 Å². The SMILES string of the molecule is O=C(c1ccc(NC2=NC3CS(=O)(=O)CC3S2)cc1)N1CCN(Cc2ccc3c(c2)OCO3)CC1. The van der Waals surface area contributed by atoms with Crippen LogP contribution in [0, 0.1) is 0 Å². The van der Waals surface area contributed by atoms with E-state index in [9.17, 15) is 13.2 Å². The molecule has 2 aromatic rings. The Kier molecular flexibility index (Phi) is 5.85. The summed E-state index contributed by atoms with van der Waals surface area (Å²) in [4.78, 5) is 21.8. The first-order valence-electron chi connectivity index (χ1n) is 11.6. The zero-order valence-electron chi connectivity index (χ0n) is 19.1. The normalized spacial score (nSPS) is 24.8. The van der Waals surface area contributed by atoms with Gasteiger partial charge in [-0.2, -0.15) is 0 Å². The lowest BCUT2D eigenvalue weighted by molar-refractivity contribution is 0.0628. The molecular weight excluding hydrogens is 488 g/mol. The highest BCUT2D eigenvalue weighted by molar-refractivity contribution is 8.15. The lowest BCUT2D eigenvalue weighted by Crippen LogP contribution is -2.48. The van der Waals surface area contributed by atoms with Crippen LogP contribution >= 0.6 is 11.8 Å². The molecule has 0 aliphatic carbocycles. The molecule has 11 heteroatoms. The maximum atomic E-state index is 13.0. The van der Waals surface area contributed by atoms with Crippen molar-refractivity contribution in [1.29, 1.82) is 0 Å². The molecule has 4 aliphatic rings. The third-order valence-electron chi connectivity index (χ3n) is 6.70. The fourth-order valence-electron chi connectivity index (χ4n) is 4.82. The molecule has 184 valence electrons. The van der Waals surface area contributed by atoms with Gasteiger partial charge in [-0.25, -0.2) is 8.42 Å². The Labute approximate surface area is 208 Å². The second-order valence-electron chi connectivity index (χ2n) is 9.19. The van der Waals surface area contributed by atoms with E-state index in [1.165, 1.54) is 17.3 Å². The highest BCUT2D eigenvalue weighted by Crippen LogP contribution is 2.35. The summed E-state index contributed by atoms with van der Waals surface area (Å²) in [5.41, 5.74) is 2.67. The molecule has 2 unspecified atom stereocenters. The van der Waals surface area contributed by atoms with E-state index < -0.39 is 9.84 Å². The van der Waals surface area contributed by atoms with Gasteiger partial charge in [0.05, 0.1) is 17.5 Å². The van der Waals surface area contributed by atoms with Gasteiger partial charge in [0.1, 0.15) is 0 Å².